The van der Waals surface area contributed by atoms with Crippen LogP contribution in [0.25, 0.3) is 11.0 Å². The fourth-order valence-corrected chi connectivity index (χ4v) is 4.22. The van der Waals surface area contributed by atoms with Crippen molar-refractivity contribution in [2.45, 2.75) is 25.3 Å². The van der Waals surface area contributed by atoms with E-state index >= 15 is 0 Å². The summed E-state index contributed by atoms with van der Waals surface area (Å²) in [6.07, 6.45) is 6.95. The van der Waals surface area contributed by atoms with Crippen molar-refractivity contribution in [2.75, 3.05) is 11.4 Å². The molecule has 5 rings (SSSR count). The predicted molar refractivity (Wildman–Crippen MR) is 91.1 cm³/mol. The van der Waals surface area contributed by atoms with Crippen LogP contribution in [0.4, 0.5) is 5.82 Å². The Labute approximate surface area is 143 Å². The number of fused-ring (bicyclic) bond motifs is 1. The van der Waals surface area contributed by atoms with Crippen LogP contribution in [-0.2, 0) is 14.1 Å². The average molecular weight is 340 g/mol. The van der Waals surface area contributed by atoms with Gasteiger partial charge in [0.2, 0.25) is 0 Å². The highest BCUT2D eigenvalue weighted by molar-refractivity contribution is 5.85. The third-order valence-electron chi connectivity index (χ3n) is 5.63. The lowest BCUT2D eigenvalue weighted by atomic mass is 9.94. The van der Waals surface area contributed by atoms with Crippen molar-refractivity contribution >= 4 is 16.9 Å². The molecular weight excluding hydrogens is 320 g/mol. The molecule has 2 unspecified atom stereocenters. The van der Waals surface area contributed by atoms with Crippen LogP contribution in [0.2, 0.25) is 0 Å². The van der Waals surface area contributed by atoms with Crippen molar-refractivity contribution in [3.8, 4) is 0 Å². The van der Waals surface area contributed by atoms with Gasteiger partial charge in [-0.2, -0.15) is 10.2 Å². The van der Waals surface area contributed by atoms with Gasteiger partial charge in [0, 0.05) is 20.6 Å². The molecule has 1 aliphatic carbocycles. The number of aryl methyl sites for hydroxylation is 1. The summed E-state index contributed by atoms with van der Waals surface area (Å²) in [7, 11) is 3.68. The summed E-state index contributed by atoms with van der Waals surface area (Å²) < 4.78 is 3.44. The molecule has 0 amide bonds. The second-order valence-electron chi connectivity index (χ2n) is 7.07. The van der Waals surface area contributed by atoms with Crippen molar-refractivity contribution in [1.82, 2.24) is 34.5 Å². The summed E-state index contributed by atoms with van der Waals surface area (Å²) in [6.45, 7) is 0.893. The normalized spacial score (nSPS) is 23.7. The molecule has 1 saturated heterocycles. The average Bonchev–Trinajstić information content (AvgIpc) is 3.14. The maximum absolute atomic E-state index is 11.9. The summed E-state index contributed by atoms with van der Waals surface area (Å²) in [5, 5.41) is 11.3. The topological polar surface area (TPSA) is 97.5 Å². The smallest absolute Gasteiger partial charge is 0.343 e. The fourth-order valence-electron chi connectivity index (χ4n) is 4.22. The van der Waals surface area contributed by atoms with Crippen LogP contribution in [0.1, 0.15) is 31.1 Å². The molecular formula is C16H20N8O. The van der Waals surface area contributed by atoms with Gasteiger partial charge in [-0.3, -0.25) is 9.25 Å². The van der Waals surface area contributed by atoms with Gasteiger partial charge in [0.1, 0.15) is 17.4 Å². The van der Waals surface area contributed by atoms with E-state index in [2.05, 4.69) is 30.2 Å². The number of aromatic amines is 1. The molecule has 4 heterocycles. The first kappa shape index (κ1) is 14.6. The number of nitrogens with zero attached hydrogens (tertiary/aromatic N) is 7. The molecule has 2 aliphatic rings. The van der Waals surface area contributed by atoms with Crippen LogP contribution in [0, 0.1) is 11.8 Å². The predicted octanol–water partition coefficient (Wildman–Crippen LogP) is 0.763. The van der Waals surface area contributed by atoms with E-state index in [0.717, 1.165) is 35.6 Å². The molecule has 9 nitrogen and oxygen atoms in total. The minimum Gasteiger partial charge on any atom is -0.344 e. The van der Waals surface area contributed by atoms with E-state index in [1.807, 2.05) is 11.7 Å². The van der Waals surface area contributed by atoms with E-state index in [-0.39, 0.29) is 11.7 Å². The van der Waals surface area contributed by atoms with Gasteiger partial charge in [-0.05, 0) is 31.1 Å². The lowest BCUT2D eigenvalue weighted by Crippen LogP contribution is -2.30. The van der Waals surface area contributed by atoms with Gasteiger partial charge in [-0.25, -0.2) is 19.9 Å². The quantitative estimate of drug-likeness (QED) is 0.756. The van der Waals surface area contributed by atoms with E-state index in [4.69, 9.17) is 0 Å². The molecule has 1 saturated carbocycles. The van der Waals surface area contributed by atoms with E-state index in [0.29, 0.717) is 11.8 Å². The van der Waals surface area contributed by atoms with Crippen LogP contribution >= 0.6 is 0 Å². The largest absolute Gasteiger partial charge is 0.344 e. The van der Waals surface area contributed by atoms with Gasteiger partial charge in [-0.1, -0.05) is 0 Å². The molecule has 0 bridgehead atoms. The van der Waals surface area contributed by atoms with Gasteiger partial charge >= 0.3 is 5.69 Å². The highest BCUT2D eigenvalue weighted by Crippen LogP contribution is 2.51. The van der Waals surface area contributed by atoms with Gasteiger partial charge in [0.25, 0.3) is 0 Å². The number of hydrogen-bond acceptors (Lipinski definition) is 6. The molecule has 0 aromatic carbocycles. The highest BCUT2D eigenvalue weighted by Gasteiger charge is 2.46. The standard InChI is InChI=1S/C16H20N8O/c1-22-15(20-21-16(22)25)12-10(9-3-4-9)5-6-24(12)14-13-11(17-8-18-14)7-19-23(13)2/h7-10,12H,3-6H2,1-2H3,(H,21,25). The van der Waals surface area contributed by atoms with Gasteiger partial charge in [-0.15, -0.1) is 0 Å². The highest BCUT2D eigenvalue weighted by atomic mass is 16.1. The molecule has 130 valence electrons. The Kier molecular flexibility index (Phi) is 3.01. The van der Waals surface area contributed by atoms with Gasteiger partial charge in [0.15, 0.2) is 11.6 Å². The number of nitrogens with one attached hydrogen (secondary N) is 1. The number of hydrogen-bond donors (Lipinski definition) is 1. The lowest BCUT2D eigenvalue weighted by molar-refractivity contribution is 0.405. The molecule has 1 aliphatic heterocycles. The Hall–Kier alpha value is -2.71. The Morgan fingerprint density at radius 1 is 1.20 bits per heavy atom. The number of anilines is 1. The molecule has 3 aromatic heterocycles. The van der Waals surface area contributed by atoms with Crippen molar-refractivity contribution < 1.29 is 0 Å². The first-order valence-electron chi connectivity index (χ1n) is 8.66. The molecule has 2 atom stereocenters. The van der Waals surface area contributed by atoms with Crippen LogP contribution in [0.3, 0.4) is 0 Å². The molecule has 9 heteroatoms. The molecule has 1 N–H and O–H groups in total. The SMILES string of the molecule is Cn1c(C2C(C3CC3)CCN2c2ncnc3cnn(C)c23)n[nH]c1=O. The Bertz CT molecular complexity index is 997. The van der Waals surface area contributed by atoms with Crippen molar-refractivity contribution in [3.63, 3.8) is 0 Å². The number of rotatable bonds is 3. The van der Waals surface area contributed by atoms with Crippen molar-refractivity contribution in [2.24, 2.45) is 25.9 Å². The summed E-state index contributed by atoms with van der Waals surface area (Å²) in [4.78, 5) is 23.1. The maximum Gasteiger partial charge on any atom is 0.343 e. The second kappa shape index (κ2) is 5.14. The minimum absolute atomic E-state index is 0.0458. The molecule has 0 radical (unpaired) electrons. The first-order chi connectivity index (χ1) is 12.1. The lowest BCUT2D eigenvalue weighted by Gasteiger charge is -2.28. The Morgan fingerprint density at radius 3 is 2.76 bits per heavy atom. The Balaban J connectivity index is 1.67. The molecule has 2 fully saturated rings. The maximum atomic E-state index is 11.9. The van der Waals surface area contributed by atoms with Gasteiger partial charge in [0.05, 0.1) is 12.2 Å². The summed E-state index contributed by atoms with van der Waals surface area (Å²) in [5.41, 5.74) is 1.58. The first-order valence-corrected chi connectivity index (χ1v) is 8.66. The second-order valence-corrected chi connectivity index (χ2v) is 7.07. The van der Waals surface area contributed by atoms with E-state index in [1.165, 1.54) is 12.8 Å². The van der Waals surface area contributed by atoms with Gasteiger partial charge < -0.3 is 4.90 Å². The van der Waals surface area contributed by atoms with E-state index < -0.39 is 0 Å². The third-order valence-corrected chi connectivity index (χ3v) is 5.63. The van der Waals surface area contributed by atoms with Crippen LogP contribution in [-0.4, -0.2) is 41.1 Å². The van der Waals surface area contributed by atoms with Crippen LogP contribution in [0.15, 0.2) is 17.3 Å². The third kappa shape index (κ3) is 2.11. The fraction of sp³-hybridized carbons (Fsp3) is 0.562. The van der Waals surface area contributed by atoms with Crippen LogP contribution in [0.5, 0.6) is 0 Å². The summed E-state index contributed by atoms with van der Waals surface area (Å²) >= 11 is 0. The zero-order valence-corrected chi connectivity index (χ0v) is 14.3. The van der Waals surface area contributed by atoms with Crippen molar-refractivity contribution in [3.05, 3.63) is 28.8 Å². The number of H-pyrrole nitrogens is 1. The summed E-state index contributed by atoms with van der Waals surface area (Å²) in [6, 6.07) is 0.0458. The monoisotopic (exact) mass is 340 g/mol. The Morgan fingerprint density at radius 2 is 2.04 bits per heavy atom. The van der Waals surface area contributed by atoms with Crippen molar-refractivity contribution in [1.29, 1.82) is 0 Å². The summed E-state index contributed by atoms with van der Waals surface area (Å²) in [5.74, 6) is 2.86. The minimum atomic E-state index is -0.176. The van der Waals surface area contributed by atoms with E-state index in [9.17, 15) is 4.79 Å². The zero-order chi connectivity index (χ0) is 17.1. The molecule has 25 heavy (non-hydrogen) atoms. The number of aromatic nitrogens is 7. The molecule has 3 aromatic rings. The van der Waals surface area contributed by atoms with Crippen LogP contribution < -0.4 is 10.6 Å². The zero-order valence-electron chi connectivity index (χ0n) is 14.3. The molecule has 0 spiro atoms. The van der Waals surface area contributed by atoms with E-state index in [1.54, 1.807) is 24.1 Å².